The lowest BCUT2D eigenvalue weighted by Gasteiger charge is -2.22. The van der Waals surface area contributed by atoms with Gasteiger partial charge in [0.25, 0.3) is 5.69 Å². The maximum absolute atomic E-state index is 10.9. The van der Waals surface area contributed by atoms with E-state index >= 15 is 0 Å². The minimum atomic E-state index is -0.381. The number of hydrogen-bond donors (Lipinski definition) is 0. The molecule has 0 N–H and O–H groups in total. The van der Waals surface area contributed by atoms with E-state index in [0.29, 0.717) is 11.6 Å². The fourth-order valence-electron chi connectivity index (χ4n) is 2.45. The second kappa shape index (κ2) is 5.75. The minimum Gasteiger partial charge on any atom is -0.370 e. The number of likely N-dealkylation sites (N-methyl/N-ethyl adjacent to an activating group) is 1. The van der Waals surface area contributed by atoms with Gasteiger partial charge in [-0.3, -0.25) is 10.1 Å². The van der Waals surface area contributed by atoms with Gasteiger partial charge in [0.1, 0.15) is 0 Å². The molecule has 1 heterocycles. The normalized spacial score (nSPS) is 19.2. The zero-order valence-corrected chi connectivity index (χ0v) is 11.9. The fraction of sp³-hybridized carbons (Fsp3) is 0.538. The molecule has 5 nitrogen and oxygen atoms in total. The molecule has 1 aromatic carbocycles. The first-order valence-electron chi connectivity index (χ1n) is 6.27. The van der Waals surface area contributed by atoms with Crippen molar-refractivity contribution >= 4 is 23.0 Å². The lowest BCUT2D eigenvalue weighted by Crippen LogP contribution is -2.31. The topological polar surface area (TPSA) is 49.6 Å². The van der Waals surface area contributed by atoms with Gasteiger partial charge in [0, 0.05) is 36.4 Å². The maximum atomic E-state index is 10.9. The van der Waals surface area contributed by atoms with E-state index in [1.54, 1.807) is 6.07 Å². The summed E-state index contributed by atoms with van der Waals surface area (Å²) in [5.41, 5.74) is 1.70. The van der Waals surface area contributed by atoms with Gasteiger partial charge < -0.3 is 9.80 Å². The molecule has 1 saturated heterocycles. The zero-order valence-electron chi connectivity index (χ0n) is 11.2. The molecule has 0 amide bonds. The van der Waals surface area contributed by atoms with E-state index in [1.165, 1.54) is 0 Å². The van der Waals surface area contributed by atoms with E-state index in [2.05, 4.69) is 23.9 Å². The molecule has 1 aliphatic heterocycles. The lowest BCUT2D eigenvalue weighted by molar-refractivity contribution is -0.385. The predicted molar refractivity (Wildman–Crippen MR) is 77.0 cm³/mol. The van der Waals surface area contributed by atoms with Crippen molar-refractivity contribution < 1.29 is 4.92 Å². The molecule has 6 heteroatoms. The molecule has 0 aromatic heterocycles. The largest absolute Gasteiger partial charge is 0.370 e. The highest BCUT2D eigenvalue weighted by Gasteiger charge is 2.25. The summed E-state index contributed by atoms with van der Waals surface area (Å²) in [4.78, 5) is 15.0. The molecule has 1 atom stereocenters. The average Bonchev–Trinajstić information content (AvgIpc) is 2.87. The molecule has 1 aliphatic rings. The molecular weight excluding hydrogens is 266 g/mol. The first-order valence-corrected chi connectivity index (χ1v) is 6.81. The van der Waals surface area contributed by atoms with Crippen LogP contribution in [0.2, 0.25) is 0 Å². The van der Waals surface area contributed by atoms with E-state index in [1.807, 2.05) is 12.1 Å². The van der Waals surface area contributed by atoms with Crippen molar-refractivity contribution in [1.29, 1.82) is 0 Å². The number of rotatable bonds is 4. The molecule has 1 fully saturated rings. The quantitative estimate of drug-likeness (QED) is 0.484. The minimum absolute atomic E-state index is 0.0992. The third-order valence-electron chi connectivity index (χ3n) is 3.66. The van der Waals surface area contributed by atoms with E-state index < -0.39 is 0 Å². The number of halogens is 1. The van der Waals surface area contributed by atoms with Crippen LogP contribution in [0.3, 0.4) is 0 Å². The Hall–Kier alpha value is -1.33. The van der Waals surface area contributed by atoms with Crippen LogP contribution in [0.1, 0.15) is 12.0 Å². The first-order chi connectivity index (χ1) is 9.02. The van der Waals surface area contributed by atoms with Crippen LogP contribution in [0.25, 0.3) is 0 Å². The van der Waals surface area contributed by atoms with Gasteiger partial charge in [0.05, 0.1) is 10.8 Å². The van der Waals surface area contributed by atoms with Crippen molar-refractivity contribution in [2.45, 2.75) is 18.3 Å². The van der Waals surface area contributed by atoms with Crippen LogP contribution in [0.4, 0.5) is 11.4 Å². The van der Waals surface area contributed by atoms with Crippen LogP contribution in [-0.4, -0.2) is 43.0 Å². The van der Waals surface area contributed by atoms with E-state index in [0.717, 1.165) is 25.2 Å². The van der Waals surface area contributed by atoms with Gasteiger partial charge in [0.15, 0.2) is 0 Å². The molecular formula is C13H18ClN3O2. The van der Waals surface area contributed by atoms with Gasteiger partial charge in [-0.1, -0.05) is 0 Å². The van der Waals surface area contributed by atoms with Gasteiger partial charge in [-0.05, 0) is 32.6 Å². The second-order valence-electron chi connectivity index (χ2n) is 5.06. The number of benzene rings is 1. The van der Waals surface area contributed by atoms with Crippen LogP contribution in [-0.2, 0) is 5.88 Å². The number of hydrogen-bond acceptors (Lipinski definition) is 4. The number of nitro groups is 1. The van der Waals surface area contributed by atoms with E-state index in [9.17, 15) is 10.1 Å². The maximum Gasteiger partial charge on any atom is 0.273 e. The number of anilines is 1. The van der Waals surface area contributed by atoms with Crippen LogP contribution in [0.5, 0.6) is 0 Å². The Morgan fingerprint density at radius 3 is 2.79 bits per heavy atom. The molecule has 2 rings (SSSR count). The Balaban J connectivity index is 2.20. The number of alkyl halides is 1. The van der Waals surface area contributed by atoms with Crippen molar-refractivity contribution in [3.8, 4) is 0 Å². The molecule has 0 aliphatic carbocycles. The molecule has 1 aromatic rings. The lowest BCUT2D eigenvalue weighted by atomic mass is 10.1. The Morgan fingerprint density at radius 2 is 2.26 bits per heavy atom. The van der Waals surface area contributed by atoms with E-state index in [-0.39, 0.29) is 16.5 Å². The van der Waals surface area contributed by atoms with Crippen molar-refractivity contribution in [3.05, 3.63) is 33.9 Å². The Morgan fingerprint density at radius 1 is 1.53 bits per heavy atom. The monoisotopic (exact) mass is 283 g/mol. The highest BCUT2D eigenvalue weighted by atomic mass is 35.5. The third-order valence-corrected chi connectivity index (χ3v) is 3.95. The molecule has 19 heavy (non-hydrogen) atoms. The summed E-state index contributed by atoms with van der Waals surface area (Å²) in [5, 5.41) is 10.9. The summed E-state index contributed by atoms with van der Waals surface area (Å²) in [5.74, 6) is 0.162. The molecule has 1 unspecified atom stereocenters. The van der Waals surface area contributed by atoms with Gasteiger partial charge in [-0.2, -0.15) is 0 Å². The first kappa shape index (κ1) is 14.1. The molecule has 0 bridgehead atoms. The second-order valence-corrected chi connectivity index (χ2v) is 5.32. The van der Waals surface area contributed by atoms with Crippen LogP contribution < -0.4 is 4.90 Å². The van der Waals surface area contributed by atoms with Gasteiger partial charge in [0.2, 0.25) is 0 Å². The summed E-state index contributed by atoms with van der Waals surface area (Å²) in [6.07, 6.45) is 1.11. The zero-order chi connectivity index (χ0) is 14.0. The average molecular weight is 284 g/mol. The van der Waals surface area contributed by atoms with E-state index in [4.69, 9.17) is 11.6 Å². The summed E-state index contributed by atoms with van der Waals surface area (Å²) in [7, 11) is 4.16. The summed E-state index contributed by atoms with van der Waals surface area (Å²) >= 11 is 5.80. The molecule has 104 valence electrons. The molecule has 0 saturated carbocycles. The van der Waals surface area contributed by atoms with Gasteiger partial charge in [-0.15, -0.1) is 11.6 Å². The number of nitrogens with zero attached hydrogens (tertiary/aromatic N) is 3. The van der Waals surface area contributed by atoms with Crippen molar-refractivity contribution in [3.63, 3.8) is 0 Å². The third kappa shape index (κ3) is 2.98. The predicted octanol–water partition coefficient (Wildman–Crippen LogP) is 2.47. The fourth-order valence-corrected chi connectivity index (χ4v) is 2.67. The summed E-state index contributed by atoms with van der Waals surface area (Å²) < 4.78 is 0. The van der Waals surface area contributed by atoms with Crippen molar-refractivity contribution in [1.82, 2.24) is 4.90 Å². The molecule has 0 spiro atoms. The van der Waals surface area contributed by atoms with Crippen LogP contribution in [0.15, 0.2) is 18.2 Å². The SMILES string of the molecule is CN(C)C1CCN(c2ccc([N+](=O)[O-])c(CCl)c2)C1. The van der Waals surface area contributed by atoms with Crippen molar-refractivity contribution in [2.24, 2.45) is 0 Å². The Bertz CT molecular complexity index is 479. The smallest absolute Gasteiger partial charge is 0.273 e. The standard InChI is InChI=1S/C13H18ClN3O2/c1-15(2)12-5-6-16(9-12)11-3-4-13(17(18)19)10(7-11)8-14/h3-4,7,12H,5-6,8-9H2,1-2H3. The summed E-state index contributed by atoms with van der Waals surface area (Å²) in [6, 6.07) is 5.74. The summed E-state index contributed by atoms with van der Waals surface area (Å²) in [6.45, 7) is 1.93. The highest BCUT2D eigenvalue weighted by molar-refractivity contribution is 6.17. The Labute approximate surface area is 117 Å². The Kier molecular flexibility index (Phi) is 4.27. The van der Waals surface area contributed by atoms with Crippen molar-refractivity contribution in [2.75, 3.05) is 32.1 Å². The van der Waals surface area contributed by atoms with Gasteiger partial charge >= 0.3 is 0 Å². The van der Waals surface area contributed by atoms with Crippen LogP contribution >= 0.6 is 11.6 Å². The van der Waals surface area contributed by atoms with Crippen LogP contribution in [0, 0.1) is 10.1 Å². The highest BCUT2D eigenvalue weighted by Crippen LogP contribution is 2.28. The number of nitro benzene ring substituents is 1. The van der Waals surface area contributed by atoms with Gasteiger partial charge in [-0.25, -0.2) is 0 Å². The molecule has 0 radical (unpaired) electrons.